The van der Waals surface area contributed by atoms with Crippen LogP contribution >= 0.6 is 0 Å². The first kappa shape index (κ1) is 21.2. The van der Waals surface area contributed by atoms with Crippen molar-refractivity contribution >= 4 is 5.97 Å². The maximum atomic E-state index is 12.0. The third kappa shape index (κ3) is 4.90. The quantitative estimate of drug-likeness (QED) is 0.742. The third-order valence-corrected chi connectivity index (χ3v) is 4.69. The summed E-state index contributed by atoms with van der Waals surface area (Å²) in [6.45, 7) is 9.04. The monoisotopic (exact) mass is 394 g/mol. The van der Waals surface area contributed by atoms with Crippen molar-refractivity contribution in [2.75, 3.05) is 6.61 Å². The van der Waals surface area contributed by atoms with Crippen LogP contribution < -0.4 is 0 Å². The van der Waals surface area contributed by atoms with Gasteiger partial charge in [-0.25, -0.2) is 0 Å². The molecule has 2 heterocycles. The van der Waals surface area contributed by atoms with Gasteiger partial charge in [-0.05, 0) is 40.2 Å². The number of aliphatic hydroxyl groups is 1. The number of aliphatic hydroxyl groups excluding tert-OH is 1. The van der Waals surface area contributed by atoms with Gasteiger partial charge >= 0.3 is 5.97 Å². The van der Waals surface area contributed by atoms with Gasteiger partial charge in [0, 0.05) is 0 Å². The lowest BCUT2D eigenvalue weighted by atomic mass is 9.97. The summed E-state index contributed by atoms with van der Waals surface area (Å²) in [4.78, 5) is 12.0. The Hall–Kier alpha value is -1.51. The Bertz CT molecular complexity index is 667. The second-order valence-corrected chi connectivity index (χ2v) is 8.75. The van der Waals surface area contributed by atoms with Crippen molar-refractivity contribution < 1.29 is 33.6 Å². The van der Waals surface area contributed by atoms with E-state index in [-0.39, 0.29) is 12.6 Å². The van der Waals surface area contributed by atoms with E-state index >= 15 is 0 Å². The molecule has 0 aliphatic carbocycles. The third-order valence-electron chi connectivity index (χ3n) is 4.69. The summed E-state index contributed by atoms with van der Waals surface area (Å²) < 4.78 is 28.9. The van der Waals surface area contributed by atoms with Gasteiger partial charge < -0.3 is 28.8 Å². The van der Waals surface area contributed by atoms with Crippen molar-refractivity contribution in [3.63, 3.8) is 0 Å². The maximum absolute atomic E-state index is 12.0. The highest BCUT2D eigenvalue weighted by atomic mass is 16.8. The standard InChI is InChI=1S/C21H30O7/c1-20(2,3)19(23)25-12-14(22)15-16(24-11-13-9-7-6-8-10-13)17-18(26-15)28-21(4,5)27-17/h6-10,14-18,22H,11-12H2,1-5H3. The maximum Gasteiger partial charge on any atom is 0.311 e. The molecule has 5 unspecified atom stereocenters. The van der Waals surface area contributed by atoms with E-state index in [1.165, 1.54) is 0 Å². The van der Waals surface area contributed by atoms with Gasteiger partial charge in [0.2, 0.25) is 0 Å². The molecule has 2 saturated heterocycles. The average Bonchev–Trinajstić information content (AvgIpc) is 3.09. The molecule has 5 atom stereocenters. The largest absolute Gasteiger partial charge is 0.462 e. The minimum Gasteiger partial charge on any atom is -0.462 e. The molecule has 156 valence electrons. The van der Waals surface area contributed by atoms with Crippen molar-refractivity contribution in [3.8, 4) is 0 Å². The molecule has 7 nitrogen and oxygen atoms in total. The van der Waals surface area contributed by atoms with Crippen molar-refractivity contribution in [2.45, 2.75) is 77.7 Å². The predicted octanol–water partition coefficient (Wildman–Crippen LogP) is 2.40. The van der Waals surface area contributed by atoms with E-state index in [1.54, 1.807) is 34.6 Å². The Balaban J connectivity index is 1.67. The average molecular weight is 394 g/mol. The van der Waals surface area contributed by atoms with Crippen molar-refractivity contribution in [2.24, 2.45) is 5.41 Å². The number of hydrogen-bond donors (Lipinski definition) is 1. The SMILES string of the molecule is CC1(C)OC2OC(C(O)COC(=O)C(C)(C)C)C(OCc3ccccc3)C2O1. The van der Waals surface area contributed by atoms with E-state index in [2.05, 4.69) is 0 Å². The number of ether oxygens (including phenoxy) is 5. The Morgan fingerprint density at radius 2 is 1.89 bits per heavy atom. The molecule has 0 bridgehead atoms. The molecule has 28 heavy (non-hydrogen) atoms. The zero-order chi connectivity index (χ0) is 20.5. The van der Waals surface area contributed by atoms with Crippen molar-refractivity contribution in [1.82, 2.24) is 0 Å². The number of benzene rings is 1. The number of fused-ring (bicyclic) bond motifs is 1. The summed E-state index contributed by atoms with van der Waals surface area (Å²) in [7, 11) is 0. The van der Waals surface area contributed by atoms with E-state index < -0.39 is 41.9 Å². The van der Waals surface area contributed by atoms with Gasteiger partial charge in [0.05, 0.1) is 12.0 Å². The van der Waals surface area contributed by atoms with Crippen LogP contribution in [0.2, 0.25) is 0 Å². The van der Waals surface area contributed by atoms with Gasteiger partial charge in [-0.1, -0.05) is 30.3 Å². The van der Waals surface area contributed by atoms with Gasteiger partial charge in [0.15, 0.2) is 12.1 Å². The van der Waals surface area contributed by atoms with Crippen LogP contribution in [0.4, 0.5) is 0 Å². The molecule has 7 heteroatoms. The van der Waals surface area contributed by atoms with Crippen molar-refractivity contribution in [3.05, 3.63) is 35.9 Å². The van der Waals surface area contributed by atoms with Gasteiger partial charge in [0.25, 0.3) is 0 Å². The molecule has 1 N–H and O–H groups in total. The fourth-order valence-electron chi connectivity index (χ4n) is 3.24. The lowest BCUT2D eigenvalue weighted by molar-refractivity contribution is -0.233. The highest BCUT2D eigenvalue weighted by Crippen LogP contribution is 2.40. The molecular weight excluding hydrogens is 364 g/mol. The molecule has 2 fully saturated rings. The first-order chi connectivity index (χ1) is 13.1. The van der Waals surface area contributed by atoms with Gasteiger partial charge in [-0.15, -0.1) is 0 Å². The number of carbonyl (C=O) groups excluding carboxylic acids is 1. The summed E-state index contributed by atoms with van der Waals surface area (Å²) in [6.07, 6.45) is -3.48. The Kier molecular flexibility index (Phi) is 6.12. The van der Waals surface area contributed by atoms with Crippen LogP contribution in [0.25, 0.3) is 0 Å². The summed E-state index contributed by atoms with van der Waals surface area (Å²) in [6, 6.07) is 9.72. The Labute approximate surface area is 165 Å². The van der Waals surface area contributed by atoms with E-state index in [4.69, 9.17) is 23.7 Å². The molecule has 0 spiro atoms. The van der Waals surface area contributed by atoms with Crippen LogP contribution in [-0.2, 0) is 35.1 Å². The summed E-state index contributed by atoms with van der Waals surface area (Å²) >= 11 is 0. The van der Waals surface area contributed by atoms with Crippen LogP contribution in [0, 0.1) is 5.41 Å². The lowest BCUT2D eigenvalue weighted by Gasteiger charge is -2.29. The molecule has 2 aliphatic heterocycles. The minimum absolute atomic E-state index is 0.186. The Morgan fingerprint density at radius 3 is 2.54 bits per heavy atom. The zero-order valence-electron chi connectivity index (χ0n) is 17.1. The van der Waals surface area contributed by atoms with E-state index in [0.717, 1.165) is 5.56 Å². The van der Waals surface area contributed by atoms with E-state index in [1.807, 2.05) is 30.3 Å². The molecule has 3 rings (SSSR count). The first-order valence-electron chi connectivity index (χ1n) is 9.59. The molecule has 0 radical (unpaired) electrons. The summed E-state index contributed by atoms with van der Waals surface area (Å²) in [5.74, 6) is -1.18. The summed E-state index contributed by atoms with van der Waals surface area (Å²) in [5, 5.41) is 10.6. The van der Waals surface area contributed by atoms with Crippen LogP contribution in [0.1, 0.15) is 40.2 Å². The lowest BCUT2D eigenvalue weighted by Crippen LogP contribution is -2.45. The number of esters is 1. The van der Waals surface area contributed by atoms with Gasteiger partial charge in [-0.2, -0.15) is 0 Å². The molecule has 0 saturated carbocycles. The summed E-state index contributed by atoms with van der Waals surface area (Å²) in [5.41, 5.74) is 0.350. The molecule has 1 aromatic carbocycles. The normalized spacial score (nSPS) is 30.1. The van der Waals surface area contributed by atoms with Gasteiger partial charge in [0.1, 0.15) is 31.0 Å². The second kappa shape index (κ2) is 8.08. The topological polar surface area (TPSA) is 83.5 Å². The van der Waals surface area contributed by atoms with Gasteiger partial charge in [-0.3, -0.25) is 4.79 Å². The molecular formula is C21H30O7. The molecule has 0 aromatic heterocycles. The van der Waals surface area contributed by atoms with E-state index in [0.29, 0.717) is 6.61 Å². The van der Waals surface area contributed by atoms with Crippen LogP contribution in [0.5, 0.6) is 0 Å². The van der Waals surface area contributed by atoms with Crippen LogP contribution in [-0.4, -0.2) is 54.2 Å². The van der Waals surface area contributed by atoms with Crippen molar-refractivity contribution in [1.29, 1.82) is 0 Å². The highest BCUT2D eigenvalue weighted by molar-refractivity contribution is 5.75. The molecule has 0 amide bonds. The minimum atomic E-state index is -1.06. The number of rotatable bonds is 6. The smallest absolute Gasteiger partial charge is 0.311 e. The number of carbonyl (C=O) groups is 1. The molecule has 1 aromatic rings. The second-order valence-electron chi connectivity index (χ2n) is 8.75. The zero-order valence-corrected chi connectivity index (χ0v) is 17.1. The predicted molar refractivity (Wildman–Crippen MR) is 100 cm³/mol. The molecule has 2 aliphatic rings. The first-order valence-corrected chi connectivity index (χ1v) is 9.59. The van der Waals surface area contributed by atoms with Crippen LogP contribution in [0.3, 0.4) is 0 Å². The fourth-order valence-corrected chi connectivity index (χ4v) is 3.24. The number of hydrogen-bond acceptors (Lipinski definition) is 7. The fraction of sp³-hybridized carbons (Fsp3) is 0.667. The highest BCUT2D eigenvalue weighted by Gasteiger charge is 2.57. The van der Waals surface area contributed by atoms with Crippen LogP contribution in [0.15, 0.2) is 30.3 Å². The Morgan fingerprint density at radius 1 is 1.21 bits per heavy atom. The van der Waals surface area contributed by atoms with E-state index in [9.17, 15) is 9.90 Å².